The predicted octanol–water partition coefficient (Wildman–Crippen LogP) is 2.61. The van der Waals surface area contributed by atoms with Crippen LogP contribution < -0.4 is 5.32 Å². The van der Waals surface area contributed by atoms with Gasteiger partial charge in [-0.3, -0.25) is 4.79 Å². The number of halogens is 1. The van der Waals surface area contributed by atoms with Crippen LogP contribution in [0.4, 0.5) is 4.39 Å². The molecule has 0 radical (unpaired) electrons. The van der Waals surface area contributed by atoms with E-state index in [2.05, 4.69) is 10.3 Å². The van der Waals surface area contributed by atoms with Crippen molar-refractivity contribution < 1.29 is 9.18 Å². The van der Waals surface area contributed by atoms with Crippen molar-refractivity contribution in [3.63, 3.8) is 0 Å². The lowest BCUT2D eigenvalue weighted by molar-refractivity contribution is -0.120. The Morgan fingerprint density at radius 3 is 2.83 bits per heavy atom. The fourth-order valence-corrected chi connectivity index (χ4v) is 2.63. The van der Waals surface area contributed by atoms with Crippen molar-refractivity contribution in [3.05, 3.63) is 65.7 Å². The van der Waals surface area contributed by atoms with Crippen molar-refractivity contribution in [3.8, 4) is 0 Å². The molecular weight excluding hydrogens is 293 g/mol. The molecule has 0 saturated heterocycles. The first-order chi connectivity index (χ1) is 11.1. The average Bonchev–Trinajstić information content (AvgIpc) is 2.84. The monoisotopic (exact) mass is 311 g/mol. The van der Waals surface area contributed by atoms with Crippen molar-refractivity contribution in [2.75, 3.05) is 6.54 Å². The zero-order chi connectivity index (χ0) is 16.2. The molecule has 118 valence electrons. The predicted molar refractivity (Wildman–Crippen MR) is 87.5 cm³/mol. The van der Waals surface area contributed by atoms with Gasteiger partial charge in [-0.15, -0.1) is 0 Å². The number of carbonyl (C=O) groups is 1. The second-order valence-electron chi connectivity index (χ2n) is 5.48. The number of carbonyl (C=O) groups excluding carboxylic acids is 1. The molecule has 1 aromatic heterocycles. The van der Waals surface area contributed by atoms with E-state index in [1.54, 1.807) is 12.1 Å². The van der Waals surface area contributed by atoms with Gasteiger partial charge in [-0.2, -0.15) is 0 Å². The highest BCUT2D eigenvalue weighted by atomic mass is 19.1. The van der Waals surface area contributed by atoms with Gasteiger partial charge in [-0.1, -0.05) is 24.3 Å². The van der Waals surface area contributed by atoms with Crippen LogP contribution in [0.25, 0.3) is 11.0 Å². The average molecular weight is 311 g/mol. The molecular formula is C18H18FN3O. The van der Waals surface area contributed by atoms with Crippen LogP contribution in [0.3, 0.4) is 0 Å². The first-order valence-electron chi connectivity index (χ1n) is 7.55. The van der Waals surface area contributed by atoms with Crippen molar-refractivity contribution >= 4 is 16.9 Å². The third-order valence-corrected chi connectivity index (χ3v) is 3.80. The lowest BCUT2D eigenvalue weighted by Gasteiger charge is -2.06. The van der Waals surface area contributed by atoms with Crippen molar-refractivity contribution in [2.45, 2.75) is 12.8 Å². The van der Waals surface area contributed by atoms with E-state index in [1.807, 2.05) is 35.9 Å². The topological polar surface area (TPSA) is 46.9 Å². The van der Waals surface area contributed by atoms with Gasteiger partial charge in [0.25, 0.3) is 0 Å². The van der Waals surface area contributed by atoms with Crippen molar-refractivity contribution in [1.82, 2.24) is 14.9 Å². The first kappa shape index (κ1) is 15.2. The number of imidazole rings is 1. The molecule has 1 heterocycles. The van der Waals surface area contributed by atoms with Crippen LogP contribution in [0.5, 0.6) is 0 Å². The summed E-state index contributed by atoms with van der Waals surface area (Å²) >= 11 is 0. The molecule has 4 nitrogen and oxygen atoms in total. The van der Waals surface area contributed by atoms with Crippen LogP contribution in [-0.4, -0.2) is 22.0 Å². The normalized spacial score (nSPS) is 10.9. The van der Waals surface area contributed by atoms with Gasteiger partial charge in [0.1, 0.15) is 11.6 Å². The highest BCUT2D eigenvalue weighted by Gasteiger charge is 2.08. The van der Waals surface area contributed by atoms with Crippen LogP contribution in [0.15, 0.2) is 48.5 Å². The molecule has 0 aliphatic carbocycles. The highest BCUT2D eigenvalue weighted by Crippen LogP contribution is 2.14. The summed E-state index contributed by atoms with van der Waals surface area (Å²) in [5.74, 6) is 0.488. The Labute approximate surface area is 134 Å². The number of fused-ring (bicyclic) bond motifs is 1. The third kappa shape index (κ3) is 3.56. The summed E-state index contributed by atoms with van der Waals surface area (Å²) in [5, 5.41) is 2.86. The van der Waals surface area contributed by atoms with Gasteiger partial charge < -0.3 is 9.88 Å². The third-order valence-electron chi connectivity index (χ3n) is 3.80. The van der Waals surface area contributed by atoms with E-state index >= 15 is 0 Å². The Morgan fingerprint density at radius 1 is 1.22 bits per heavy atom. The molecule has 0 atom stereocenters. The number of rotatable bonds is 5. The molecule has 0 aliphatic heterocycles. The van der Waals surface area contributed by atoms with Gasteiger partial charge in [-0.05, 0) is 29.8 Å². The van der Waals surface area contributed by atoms with Gasteiger partial charge in [0.15, 0.2) is 0 Å². The number of nitrogens with one attached hydrogen (secondary N) is 1. The van der Waals surface area contributed by atoms with Gasteiger partial charge in [0, 0.05) is 20.0 Å². The van der Waals surface area contributed by atoms with Gasteiger partial charge in [0.05, 0.1) is 17.5 Å². The summed E-state index contributed by atoms with van der Waals surface area (Å²) in [6, 6.07) is 14.0. The Hall–Kier alpha value is -2.69. The number of para-hydroxylation sites is 2. The Bertz CT molecular complexity index is 841. The highest BCUT2D eigenvalue weighted by molar-refractivity contribution is 5.78. The van der Waals surface area contributed by atoms with Crippen molar-refractivity contribution in [1.29, 1.82) is 0 Å². The van der Waals surface area contributed by atoms with Gasteiger partial charge >= 0.3 is 0 Å². The van der Waals surface area contributed by atoms with Crippen LogP contribution in [0, 0.1) is 5.82 Å². The van der Waals surface area contributed by atoms with E-state index in [-0.39, 0.29) is 18.1 Å². The number of hydrogen-bond acceptors (Lipinski definition) is 2. The summed E-state index contributed by atoms with van der Waals surface area (Å²) in [5.41, 5.74) is 2.70. The molecule has 1 N–H and O–H groups in total. The fourth-order valence-electron chi connectivity index (χ4n) is 2.63. The molecule has 0 aliphatic rings. The fraction of sp³-hybridized carbons (Fsp3) is 0.222. The number of aromatic nitrogens is 2. The van der Waals surface area contributed by atoms with Crippen molar-refractivity contribution in [2.24, 2.45) is 7.05 Å². The number of amides is 1. The summed E-state index contributed by atoms with van der Waals surface area (Å²) in [7, 11) is 1.97. The molecule has 5 heteroatoms. The largest absolute Gasteiger partial charge is 0.355 e. The smallest absolute Gasteiger partial charge is 0.224 e. The van der Waals surface area contributed by atoms with E-state index in [9.17, 15) is 9.18 Å². The maximum atomic E-state index is 13.1. The SMILES string of the molecule is Cn1c(CCNC(=O)Cc2cccc(F)c2)nc2ccccc21. The standard InChI is InChI=1S/C18H18FN3O/c1-22-16-8-3-2-7-15(16)21-17(22)9-10-20-18(23)12-13-5-4-6-14(19)11-13/h2-8,11H,9-10,12H2,1H3,(H,20,23). The molecule has 0 spiro atoms. The molecule has 0 fully saturated rings. The molecule has 0 bridgehead atoms. The minimum absolute atomic E-state index is 0.116. The Balaban J connectivity index is 1.56. The van der Waals surface area contributed by atoms with Crippen LogP contribution in [0.1, 0.15) is 11.4 Å². The zero-order valence-electron chi connectivity index (χ0n) is 12.9. The second-order valence-corrected chi connectivity index (χ2v) is 5.48. The van der Waals surface area contributed by atoms with Crippen LogP contribution in [-0.2, 0) is 24.7 Å². The van der Waals surface area contributed by atoms with E-state index < -0.39 is 0 Å². The summed E-state index contributed by atoms with van der Waals surface area (Å²) in [6.07, 6.45) is 0.834. The molecule has 1 amide bonds. The Morgan fingerprint density at radius 2 is 2.04 bits per heavy atom. The first-order valence-corrected chi connectivity index (χ1v) is 7.55. The Kier molecular flexibility index (Phi) is 4.37. The van der Waals surface area contributed by atoms with E-state index in [0.29, 0.717) is 18.5 Å². The van der Waals surface area contributed by atoms with E-state index in [4.69, 9.17) is 0 Å². The molecule has 23 heavy (non-hydrogen) atoms. The van der Waals surface area contributed by atoms with Crippen LogP contribution in [0.2, 0.25) is 0 Å². The zero-order valence-corrected chi connectivity index (χ0v) is 12.9. The van der Waals surface area contributed by atoms with E-state index in [1.165, 1.54) is 12.1 Å². The number of benzene rings is 2. The number of aryl methyl sites for hydroxylation is 1. The summed E-state index contributed by atoms with van der Waals surface area (Å²) in [6.45, 7) is 0.505. The molecule has 0 unspecified atom stereocenters. The number of hydrogen-bond donors (Lipinski definition) is 1. The van der Waals surface area contributed by atoms with Gasteiger partial charge in [0.2, 0.25) is 5.91 Å². The summed E-state index contributed by atoms with van der Waals surface area (Å²) < 4.78 is 15.1. The van der Waals surface area contributed by atoms with Crippen LogP contribution >= 0.6 is 0 Å². The quantitative estimate of drug-likeness (QED) is 0.787. The molecule has 2 aromatic carbocycles. The number of nitrogens with zero attached hydrogens (tertiary/aromatic N) is 2. The summed E-state index contributed by atoms with van der Waals surface area (Å²) in [4.78, 5) is 16.5. The maximum absolute atomic E-state index is 13.1. The lowest BCUT2D eigenvalue weighted by atomic mass is 10.1. The minimum atomic E-state index is -0.324. The minimum Gasteiger partial charge on any atom is -0.355 e. The van der Waals surface area contributed by atoms with E-state index in [0.717, 1.165) is 16.9 Å². The molecule has 0 saturated carbocycles. The lowest BCUT2D eigenvalue weighted by Crippen LogP contribution is -2.27. The molecule has 3 rings (SSSR count). The molecule has 3 aromatic rings. The van der Waals surface area contributed by atoms with Gasteiger partial charge in [-0.25, -0.2) is 9.37 Å². The second kappa shape index (κ2) is 6.60. The maximum Gasteiger partial charge on any atom is 0.224 e.